The second-order valence-electron chi connectivity index (χ2n) is 4.47. The van der Waals surface area contributed by atoms with Crippen LogP contribution in [0.15, 0.2) is 40.9 Å². The van der Waals surface area contributed by atoms with Gasteiger partial charge in [0.1, 0.15) is 5.69 Å². The van der Waals surface area contributed by atoms with Crippen LogP contribution >= 0.6 is 15.9 Å². The number of halogens is 1. The fraction of sp³-hybridized carbons (Fsp3) is 0.0714. The van der Waals surface area contributed by atoms with E-state index < -0.39 is 10.8 Å². The van der Waals surface area contributed by atoms with Gasteiger partial charge in [-0.25, -0.2) is 0 Å². The minimum Gasteiger partial charge on any atom is -0.399 e. The van der Waals surface area contributed by atoms with Gasteiger partial charge in [0.05, 0.1) is 10.5 Å². The first kappa shape index (κ1) is 15.0. The molecule has 0 aliphatic carbocycles. The molecule has 0 saturated heterocycles. The quantitative estimate of drug-likeness (QED) is 0.503. The Bertz CT molecular complexity index is 731. The number of nitrogen functional groups attached to an aromatic ring is 1. The van der Waals surface area contributed by atoms with Crippen molar-refractivity contribution in [1.82, 2.24) is 0 Å². The summed E-state index contributed by atoms with van der Waals surface area (Å²) in [5.41, 5.74) is 7.12. The molecule has 108 valence electrons. The van der Waals surface area contributed by atoms with Crippen molar-refractivity contribution in [3.05, 3.63) is 62.1 Å². The topological polar surface area (TPSA) is 98.3 Å². The highest BCUT2D eigenvalue weighted by Gasteiger charge is 2.18. The number of carbonyl (C=O) groups excluding carboxylic acids is 1. The van der Waals surface area contributed by atoms with Crippen LogP contribution in [0.5, 0.6) is 0 Å². The normalized spacial score (nSPS) is 10.2. The van der Waals surface area contributed by atoms with E-state index in [1.165, 1.54) is 18.2 Å². The molecule has 0 aromatic heterocycles. The summed E-state index contributed by atoms with van der Waals surface area (Å²) in [4.78, 5) is 22.7. The van der Waals surface area contributed by atoms with Crippen LogP contribution in [0, 0.1) is 17.0 Å². The minimum atomic E-state index is -0.531. The second kappa shape index (κ2) is 5.92. The largest absolute Gasteiger partial charge is 0.399 e. The highest BCUT2D eigenvalue weighted by atomic mass is 79.9. The molecule has 0 unspecified atom stereocenters. The number of nitrogens with one attached hydrogen (secondary N) is 1. The third-order valence-electron chi connectivity index (χ3n) is 2.83. The summed E-state index contributed by atoms with van der Waals surface area (Å²) in [6.07, 6.45) is 0. The highest BCUT2D eigenvalue weighted by molar-refractivity contribution is 9.10. The molecule has 1 amide bonds. The van der Waals surface area contributed by atoms with Crippen LogP contribution in [-0.4, -0.2) is 10.8 Å². The minimum absolute atomic E-state index is 0.143. The monoisotopic (exact) mass is 349 g/mol. The number of nitro groups is 1. The van der Waals surface area contributed by atoms with Gasteiger partial charge in [-0.15, -0.1) is 0 Å². The fourth-order valence-electron chi connectivity index (χ4n) is 1.80. The van der Waals surface area contributed by atoms with Crippen molar-refractivity contribution in [2.45, 2.75) is 6.92 Å². The predicted octanol–water partition coefficient (Wildman–Crippen LogP) is 3.50. The van der Waals surface area contributed by atoms with Crippen molar-refractivity contribution in [3.8, 4) is 0 Å². The summed E-state index contributed by atoms with van der Waals surface area (Å²) in [5.74, 6) is -0.471. The number of nitrogens with zero attached hydrogens (tertiary/aromatic N) is 1. The van der Waals surface area contributed by atoms with Gasteiger partial charge in [0.25, 0.3) is 11.6 Å². The van der Waals surface area contributed by atoms with E-state index in [9.17, 15) is 14.9 Å². The molecule has 0 saturated carbocycles. The SMILES string of the molecule is Cc1ccc(NC(=O)c2cc(N)ccc2Br)c([N+](=O)[O-])c1. The number of nitro benzene ring substituents is 1. The summed E-state index contributed by atoms with van der Waals surface area (Å²) >= 11 is 3.25. The van der Waals surface area contributed by atoms with Gasteiger partial charge < -0.3 is 11.1 Å². The molecular formula is C14H12BrN3O3. The molecule has 7 heteroatoms. The molecule has 21 heavy (non-hydrogen) atoms. The maximum atomic E-state index is 12.2. The summed E-state index contributed by atoms with van der Waals surface area (Å²) in [6.45, 7) is 1.74. The maximum absolute atomic E-state index is 12.2. The molecule has 0 aliphatic rings. The van der Waals surface area contributed by atoms with E-state index >= 15 is 0 Å². The number of hydrogen-bond acceptors (Lipinski definition) is 4. The van der Waals surface area contributed by atoms with Crippen LogP contribution in [0.4, 0.5) is 17.1 Å². The van der Waals surface area contributed by atoms with Crippen molar-refractivity contribution in [2.75, 3.05) is 11.1 Å². The van der Waals surface area contributed by atoms with Gasteiger partial charge >= 0.3 is 0 Å². The van der Waals surface area contributed by atoms with Crippen molar-refractivity contribution >= 4 is 38.9 Å². The lowest BCUT2D eigenvalue weighted by Crippen LogP contribution is -2.14. The van der Waals surface area contributed by atoms with Crippen molar-refractivity contribution in [2.24, 2.45) is 0 Å². The van der Waals surface area contributed by atoms with Crippen LogP contribution in [0.25, 0.3) is 0 Å². The Balaban J connectivity index is 2.36. The fourth-order valence-corrected chi connectivity index (χ4v) is 2.23. The van der Waals surface area contributed by atoms with Gasteiger partial charge in [-0.2, -0.15) is 0 Å². The lowest BCUT2D eigenvalue weighted by atomic mass is 10.1. The molecule has 3 N–H and O–H groups in total. The highest BCUT2D eigenvalue weighted by Crippen LogP contribution is 2.27. The Morgan fingerprint density at radius 1 is 1.29 bits per heavy atom. The maximum Gasteiger partial charge on any atom is 0.293 e. The Kier molecular flexibility index (Phi) is 4.23. The van der Waals surface area contributed by atoms with Crippen molar-refractivity contribution in [3.63, 3.8) is 0 Å². The number of benzene rings is 2. The van der Waals surface area contributed by atoms with E-state index in [0.717, 1.165) is 5.56 Å². The average Bonchev–Trinajstić information content (AvgIpc) is 2.43. The Morgan fingerprint density at radius 2 is 2.00 bits per heavy atom. The number of nitrogens with two attached hydrogens (primary N) is 1. The first-order valence-corrected chi connectivity index (χ1v) is 6.79. The molecule has 0 spiro atoms. The number of anilines is 2. The van der Waals surface area contributed by atoms with Gasteiger partial charge in [0, 0.05) is 16.2 Å². The van der Waals surface area contributed by atoms with E-state index in [1.54, 1.807) is 25.1 Å². The van der Waals surface area contributed by atoms with E-state index in [1.807, 2.05) is 0 Å². The lowest BCUT2D eigenvalue weighted by Gasteiger charge is -2.08. The Morgan fingerprint density at radius 3 is 2.67 bits per heavy atom. The third kappa shape index (κ3) is 3.38. The summed E-state index contributed by atoms with van der Waals surface area (Å²) in [6, 6.07) is 9.40. The lowest BCUT2D eigenvalue weighted by molar-refractivity contribution is -0.384. The first-order chi connectivity index (χ1) is 9.88. The van der Waals surface area contributed by atoms with Crippen LogP contribution in [0.3, 0.4) is 0 Å². The molecule has 0 aliphatic heterocycles. The third-order valence-corrected chi connectivity index (χ3v) is 3.52. The second-order valence-corrected chi connectivity index (χ2v) is 5.33. The summed E-state index contributed by atoms with van der Waals surface area (Å²) in [7, 11) is 0. The zero-order valence-corrected chi connectivity index (χ0v) is 12.7. The number of carbonyl (C=O) groups is 1. The molecule has 0 fully saturated rings. The zero-order valence-electron chi connectivity index (χ0n) is 11.1. The summed E-state index contributed by atoms with van der Waals surface area (Å²) in [5, 5.41) is 13.6. The van der Waals surface area contributed by atoms with Crippen molar-refractivity contribution in [1.29, 1.82) is 0 Å². The van der Waals surface area contributed by atoms with E-state index in [4.69, 9.17) is 5.73 Å². The molecule has 6 nitrogen and oxygen atoms in total. The molecule has 0 radical (unpaired) electrons. The van der Waals surface area contributed by atoms with Crippen LogP contribution < -0.4 is 11.1 Å². The number of hydrogen-bond donors (Lipinski definition) is 2. The van der Waals surface area contributed by atoms with Crippen LogP contribution in [0.1, 0.15) is 15.9 Å². The molecule has 0 heterocycles. The van der Waals surface area contributed by atoms with Gasteiger partial charge in [0.15, 0.2) is 0 Å². The van der Waals surface area contributed by atoms with E-state index in [-0.39, 0.29) is 11.4 Å². The smallest absolute Gasteiger partial charge is 0.293 e. The molecular weight excluding hydrogens is 338 g/mol. The van der Waals surface area contributed by atoms with Gasteiger partial charge in [0.2, 0.25) is 0 Å². The van der Waals surface area contributed by atoms with E-state index in [2.05, 4.69) is 21.2 Å². The zero-order chi connectivity index (χ0) is 15.6. The van der Waals surface area contributed by atoms with Gasteiger partial charge in [-0.05, 0) is 52.7 Å². The standard InChI is InChI=1S/C14H12BrN3O3/c1-8-2-5-12(13(6-8)18(20)21)17-14(19)10-7-9(16)3-4-11(10)15/h2-7H,16H2,1H3,(H,17,19). The average molecular weight is 350 g/mol. The number of rotatable bonds is 3. The van der Waals surface area contributed by atoms with Gasteiger partial charge in [-0.3, -0.25) is 14.9 Å². The summed E-state index contributed by atoms with van der Waals surface area (Å²) < 4.78 is 0.559. The predicted molar refractivity (Wildman–Crippen MR) is 84.3 cm³/mol. The Labute approximate surface area is 129 Å². The van der Waals surface area contributed by atoms with E-state index in [0.29, 0.717) is 15.7 Å². The van der Waals surface area contributed by atoms with Crippen LogP contribution in [-0.2, 0) is 0 Å². The molecule has 0 bridgehead atoms. The molecule has 2 rings (SSSR count). The molecule has 2 aromatic rings. The molecule has 0 atom stereocenters. The van der Waals surface area contributed by atoms with Gasteiger partial charge in [-0.1, -0.05) is 6.07 Å². The molecule has 2 aromatic carbocycles. The Hall–Kier alpha value is -2.41. The number of aryl methyl sites for hydroxylation is 1. The van der Waals surface area contributed by atoms with Crippen molar-refractivity contribution < 1.29 is 9.72 Å². The van der Waals surface area contributed by atoms with Crippen LogP contribution in [0.2, 0.25) is 0 Å². The first-order valence-electron chi connectivity index (χ1n) is 6.00. The number of amides is 1.